The molecule has 5 nitrogen and oxygen atoms in total. The van der Waals surface area contributed by atoms with Gasteiger partial charge in [-0.1, -0.05) is 0 Å². The molecule has 2 rings (SSSR count). The first-order valence-electron chi connectivity index (χ1n) is 5.78. The number of nitrogens with one attached hydrogen (secondary N) is 2. The van der Waals surface area contributed by atoms with Crippen molar-refractivity contribution in [3.63, 3.8) is 0 Å². The summed E-state index contributed by atoms with van der Waals surface area (Å²) in [6.07, 6.45) is -0.475. The van der Waals surface area contributed by atoms with Crippen molar-refractivity contribution in [2.24, 2.45) is 0 Å². The highest BCUT2D eigenvalue weighted by Crippen LogP contribution is 2.20. The van der Waals surface area contributed by atoms with Crippen LogP contribution in [0.3, 0.4) is 0 Å². The molecule has 0 aliphatic carbocycles. The van der Waals surface area contributed by atoms with Crippen LogP contribution in [0.15, 0.2) is 35.2 Å². The summed E-state index contributed by atoms with van der Waals surface area (Å²) in [5, 5.41) is 7.96. The molecule has 100 valence electrons. The summed E-state index contributed by atoms with van der Waals surface area (Å²) < 4.78 is 4.53. The second kappa shape index (κ2) is 6.19. The maximum atomic E-state index is 11.0. The number of methoxy groups -OCH3 is 1. The fourth-order valence-electron chi connectivity index (χ4n) is 1.58. The van der Waals surface area contributed by atoms with Gasteiger partial charge in [0.1, 0.15) is 0 Å². The summed E-state index contributed by atoms with van der Waals surface area (Å²) in [5.41, 5.74) is 4.49. The summed E-state index contributed by atoms with van der Waals surface area (Å²) in [6.45, 7) is 2.05. The summed E-state index contributed by atoms with van der Waals surface area (Å²) >= 11 is 1.58. The molecule has 1 amide bonds. The van der Waals surface area contributed by atoms with Gasteiger partial charge in [-0.15, -0.1) is 11.3 Å². The molecule has 0 spiro atoms. The van der Waals surface area contributed by atoms with Gasteiger partial charge in [-0.05, 0) is 31.2 Å². The second-order valence-corrected chi connectivity index (χ2v) is 4.69. The van der Waals surface area contributed by atoms with E-state index in [1.54, 1.807) is 11.3 Å². The molecule has 1 aromatic carbocycles. The van der Waals surface area contributed by atoms with Gasteiger partial charge in [0.05, 0.1) is 24.4 Å². The predicted octanol–water partition coefficient (Wildman–Crippen LogP) is 3.49. The van der Waals surface area contributed by atoms with Crippen LogP contribution in [-0.4, -0.2) is 18.2 Å². The van der Waals surface area contributed by atoms with Crippen molar-refractivity contribution in [3.05, 3.63) is 40.8 Å². The molecule has 0 fully saturated rings. The highest BCUT2D eigenvalue weighted by molar-refractivity contribution is 7.07. The van der Waals surface area contributed by atoms with Crippen LogP contribution in [-0.2, 0) is 4.74 Å². The van der Waals surface area contributed by atoms with E-state index < -0.39 is 6.09 Å². The molecule has 0 radical (unpaired) electrons. The average Bonchev–Trinajstić information content (AvgIpc) is 2.95. The molecule has 6 heteroatoms. The molecule has 19 heavy (non-hydrogen) atoms. The molecule has 1 atom stereocenters. The van der Waals surface area contributed by atoms with E-state index in [1.165, 1.54) is 7.11 Å². The van der Waals surface area contributed by atoms with E-state index in [4.69, 9.17) is 0 Å². The lowest BCUT2D eigenvalue weighted by Crippen LogP contribution is -2.11. The number of hydrogen-bond donors (Lipinski definition) is 2. The molecule has 2 aromatic rings. The molecule has 1 unspecified atom stereocenters. The Labute approximate surface area is 115 Å². The molecule has 0 saturated carbocycles. The molecule has 0 saturated heterocycles. The van der Waals surface area contributed by atoms with Gasteiger partial charge in [0.15, 0.2) is 0 Å². The van der Waals surface area contributed by atoms with Crippen molar-refractivity contribution in [1.29, 1.82) is 0 Å². The molecular formula is C13H15N3O2S. The number of ether oxygens (including phenoxy) is 1. The Balaban J connectivity index is 1.97. The predicted molar refractivity (Wildman–Crippen MR) is 76.6 cm³/mol. The lowest BCUT2D eigenvalue weighted by Gasteiger charge is -2.13. The van der Waals surface area contributed by atoms with E-state index in [1.807, 2.05) is 35.2 Å². The molecule has 0 bridgehead atoms. The fourth-order valence-corrected chi connectivity index (χ4v) is 2.23. The summed E-state index contributed by atoms with van der Waals surface area (Å²) in [6, 6.07) is 7.56. The Hall–Kier alpha value is -2.08. The van der Waals surface area contributed by atoms with E-state index in [-0.39, 0.29) is 6.04 Å². The summed E-state index contributed by atoms with van der Waals surface area (Å²) in [7, 11) is 1.33. The van der Waals surface area contributed by atoms with Gasteiger partial charge < -0.3 is 10.1 Å². The Morgan fingerprint density at radius 3 is 2.58 bits per heavy atom. The minimum Gasteiger partial charge on any atom is -0.453 e. The number of anilines is 2. The number of hydrogen-bond acceptors (Lipinski definition) is 5. The van der Waals surface area contributed by atoms with E-state index >= 15 is 0 Å². The molecular weight excluding hydrogens is 262 g/mol. The smallest absolute Gasteiger partial charge is 0.411 e. The lowest BCUT2D eigenvalue weighted by molar-refractivity contribution is 0.187. The van der Waals surface area contributed by atoms with Gasteiger partial charge in [-0.25, -0.2) is 9.78 Å². The van der Waals surface area contributed by atoms with Gasteiger partial charge in [0.2, 0.25) is 0 Å². The number of carbonyl (C=O) groups is 1. The summed E-state index contributed by atoms with van der Waals surface area (Å²) in [4.78, 5) is 15.3. The van der Waals surface area contributed by atoms with Gasteiger partial charge >= 0.3 is 6.09 Å². The lowest BCUT2D eigenvalue weighted by atomic mass is 10.2. The highest BCUT2D eigenvalue weighted by Gasteiger charge is 2.07. The number of rotatable bonds is 4. The normalized spacial score (nSPS) is 11.7. The van der Waals surface area contributed by atoms with Gasteiger partial charge in [-0.3, -0.25) is 5.32 Å². The van der Waals surface area contributed by atoms with Crippen LogP contribution in [0.2, 0.25) is 0 Å². The van der Waals surface area contributed by atoms with E-state index in [2.05, 4.69) is 27.3 Å². The maximum Gasteiger partial charge on any atom is 0.411 e. The first-order valence-corrected chi connectivity index (χ1v) is 6.73. The Morgan fingerprint density at radius 1 is 1.32 bits per heavy atom. The third-order valence-electron chi connectivity index (χ3n) is 2.59. The monoisotopic (exact) mass is 277 g/mol. The zero-order valence-corrected chi connectivity index (χ0v) is 11.5. The van der Waals surface area contributed by atoms with Crippen molar-refractivity contribution in [2.45, 2.75) is 13.0 Å². The van der Waals surface area contributed by atoms with Crippen molar-refractivity contribution < 1.29 is 9.53 Å². The minimum absolute atomic E-state index is 0.144. The van der Waals surface area contributed by atoms with Crippen LogP contribution in [0.25, 0.3) is 0 Å². The van der Waals surface area contributed by atoms with Gasteiger partial charge in [-0.2, -0.15) is 0 Å². The second-order valence-electron chi connectivity index (χ2n) is 3.97. The average molecular weight is 277 g/mol. The van der Waals surface area contributed by atoms with Gasteiger partial charge in [0.25, 0.3) is 0 Å². The Kier molecular flexibility index (Phi) is 4.35. The van der Waals surface area contributed by atoms with Crippen LogP contribution in [0.4, 0.5) is 16.2 Å². The number of thiazole rings is 1. The number of nitrogens with zero attached hydrogens (tertiary/aromatic N) is 1. The molecule has 1 aromatic heterocycles. The Morgan fingerprint density at radius 2 is 2.00 bits per heavy atom. The Bertz CT molecular complexity index is 525. The van der Waals surface area contributed by atoms with E-state index in [0.29, 0.717) is 5.69 Å². The molecule has 0 aliphatic rings. The highest BCUT2D eigenvalue weighted by atomic mass is 32.1. The zero-order chi connectivity index (χ0) is 13.7. The van der Waals surface area contributed by atoms with Crippen LogP contribution in [0, 0.1) is 0 Å². The number of aromatic nitrogens is 1. The quantitative estimate of drug-likeness (QED) is 0.898. The summed E-state index contributed by atoms with van der Waals surface area (Å²) in [5.74, 6) is 0. The first kappa shape index (κ1) is 13.4. The number of benzene rings is 1. The van der Waals surface area contributed by atoms with Crippen molar-refractivity contribution in [1.82, 2.24) is 4.98 Å². The van der Waals surface area contributed by atoms with Crippen LogP contribution in [0.1, 0.15) is 18.7 Å². The van der Waals surface area contributed by atoms with Crippen molar-refractivity contribution >= 4 is 28.8 Å². The third kappa shape index (κ3) is 3.69. The standard InChI is InChI=1S/C13H15N3O2S/c1-9(12-7-19-8-14-12)15-10-3-5-11(6-4-10)16-13(17)18-2/h3-9,15H,1-2H3,(H,16,17). The SMILES string of the molecule is COC(=O)Nc1ccc(NC(C)c2cscn2)cc1. The first-order chi connectivity index (χ1) is 9.19. The molecule has 1 heterocycles. The van der Waals surface area contributed by atoms with Crippen LogP contribution < -0.4 is 10.6 Å². The third-order valence-corrected chi connectivity index (χ3v) is 3.20. The topological polar surface area (TPSA) is 63.2 Å². The van der Waals surface area contributed by atoms with Crippen molar-refractivity contribution in [3.8, 4) is 0 Å². The molecule has 2 N–H and O–H groups in total. The van der Waals surface area contributed by atoms with Crippen molar-refractivity contribution in [2.75, 3.05) is 17.7 Å². The van der Waals surface area contributed by atoms with Crippen LogP contribution in [0.5, 0.6) is 0 Å². The number of amides is 1. The van der Waals surface area contributed by atoms with E-state index in [0.717, 1.165) is 11.4 Å². The minimum atomic E-state index is -0.475. The zero-order valence-electron chi connectivity index (χ0n) is 10.7. The van der Waals surface area contributed by atoms with Crippen LogP contribution >= 0.6 is 11.3 Å². The van der Waals surface area contributed by atoms with Gasteiger partial charge in [0, 0.05) is 16.8 Å². The molecule has 0 aliphatic heterocycles. The maximum absolute atomic E-state index is 11.0. The van der Waals surface area contributed by atoms with E-state index in [9.17, 15) is 4.79 Å². The fraction of sp³-hybridized carbons (Fsp3) is 0.231. The number of carbonyl (C=O) groups excluding carboxylic acids is 1. The largest absolute Gasteiger partial charge is 0.453 e.